The molecule has 0 aliphatic rings. The van der Waals surface area contributed by atoms with Gasteiger partial charge in [-0.3, -0.25) is 19.7 Å². The van der Waals surface area contributed by atoms with Crippen molar-refractivity contribution < 1.29 is 14.5 Å². The Hall–Kier alpha value is -4.52. The maximum absolute atomic E-state index is 13.2. The monoisotopic (exact) mass is 453 g/mol. The number of non-ortho nitro benzene ring substituents is 1. The van der Waals surface area contributed by atoms with E-state index in [9.17, 15) is 19.7 Å². The van der Waals surface area contributed by atoms with Crippen molar-refractivity contribution in [3.63, 3.8) is 0 Å². The number of nitrogens with one attached hydrogen (secondary N) is 2. The van der Waals surface area contributed by atoms with E-state index in [1.165, 1.54) is 12.1 Å². The molecule has 1 atom stereocenters. The van der Waals surface area contributed by atoms with Crippen LogP contribution < -0.4 is 10.6 Å². The summed E-state index contributed by atoms with van der Waals surface area (Å²) in [5, 5.41) is 18.4. The summed E-state index contributed by atoms with van der Waals surface area (Å²) < 4.78 is 0. The van der Waals surface area contributed by atoms with Gasteiger partial charge in [-0.05, 0) is 28.0 Å². The minimum Gasteiger partial charge on any atom is -0.350 e. The van der Waals surface area contributed by atoms with Gasteiger partial charge in [0.25, 0.3) is 11.6 Å². The van der Waals surface area contributed by atoms with Crippen LogP contribution >= 0.6 is 0 Å². The number of nitro groups is 1. The SMILES string of the molecule is O=C(N[C@@H](Cc1ccc([N+](=O)[O-])cc1)C(=O)NCc1ccccc1)c1cccc2ccccc12. The van der Waals surface area contributed by atoms with E-state index in [-0.39, 0.29) is 23.9 Å². The fourth-order valence-electron chi connectivity index (χ4n) is 3.77. The van der Waals surface area contributed by atoms with Gasteiger partial charge in [-0.1, -0.05) is 78.9 Å². The molecule has 2 amide bonds. The number of amides is 2. The molecule has 0 saturated carbocycles. The van der Waals surface area contributed by atoms with Crippen molar-refractivity contribution >= 4 is 28.3 Å². The molecule has 7 heteroatoms. The summed E-state index contributed by atoms with van der Waals surface area (Å²) in [6, 6.07) is 27.6. The van der Waals surface area contributed by atoms with E-state index in [2.05, 4.69) is 10.6 Å². The number of nitro benzene ring substituents is 1. The van der Waals surface area contributed by atoms with E-state index in [0.29, 0.717) is 17.7 Å². The van der Waals surface area contributed by atoms with Crippen LogP contribution in [0.25, 0.3) is 10.8 Å². The summed E-state index contributed by atoms with van der Waals surface area (Å²) in [6.45, 7) is 0.320. The van der Waals surface area contributed by atoms with Gasteiger partial charge in [0.15, 0.2) is 0 Å². The number of benzene rings is 4. The van der Waals surface area contributed by atoms with Crippen molar-refractivity contribution in [3.8, 4) is 0 Å². The van der Waals surface area contributed by atoms with Gasteiger partial charge in [0.2, 0.25) is 5.91 Å². The largest absolute Gasteiger partial charge is 0.350 e. The molecule has 0 unspecified atom stereocenters. The van der Waals surface area contributed by atoms with Crippen LogP contribution in [0.15, 0.2) is 97.1 Å². The van der Waals surface area contributed by atoms with E-state index in [4.69, 9.17) is 0 Å². The van der Waals surface area contributed by atoms with Crippen molar-refractivity contribution in [1.82, 2.24) is 10.6 Å². The summed E-state index contributed by atoms with van der Waals surface area (Å²) in [4.78, 5) is 36.8. The second-order valence-corrected chi connectivity index (χ2v) is 7.88. The van der Waals surface area contributed by atoms with Crippen LogP contribution in [0.1, 0.15) is 21.5 Å². The highest BCUT2D eigenvalue weighted by Gasteiger charge is 2.23. The molecule has 0 radical (unpaired) electrons. The lowest BCUT2D eigenvalue weighted by Crippen LogP contribution is -2.47. The number of hydrogen-bond donors (Lipinski definition) is 2. The molecule has 0 aliphatic heterocycles. The first kappa shape index (κ1) is 22.7. The molecule has 0 aromatic heterocycles. The number of fused-ring (bicyclic) bond motifs is 1. The quantitative estimate of drug-likeness (QED) is 0.305. The van der Waals surface area contributed by atoms with Crippen LogP contribution in [-0.4, -0.2) is 22.8 Å². The lowest BCUT2D eigenvalue weighted by Gasteiger charge is -2.19. The first-order valence-corrected chi connectivity index (χ1v) is 10.8. The first-order valence-electron chi connectivity index (χ1n) is 10.8. The fourth-order valence-corrected chi connectivity index (χ4v) is 3.77. The third-order valence-corrected chi connectivity index (χ3v) is 5.55. The molecule has 170 valence electrons. The van der Waals surface area contributed by atoms with Crippen molar-refractivity contribution in [3.05, 3.63) is 124 Å². The van der Waals surface area contributed by atoms with Gasteiger partial charge in [-0.25, -0.2) is 0 Å². The van der Waals surface area contributed by atoms with Crippen LogP contribution in [0.5, 0.6) is 0 Å². The number of carbonyl (C=O) groups is 2. The summed E-state index contributed by atoms with van der Waals surface area (Å²) in [6.07, 6.45) is 0.190. The Kier molecular flexibility index (Phi) is 6.93. The molecule has 7 nitrogen and oxygen atoms in total. The second-order valence-electron chi connectivity index (χ2n) is 7.88. The van der Waals surface area contributed by atoms with Crippen LogP contribution in [0.2, 0.25) is 0 Å². The molecule has 2 N–H and O–H groups in total. The number of carbonyl (C=O) groups excluding carboxylic acids is 2. The summed E-state index contributed by atoms with van der Waals surface area (Å²) in [7, 11) is 0. The van der Waals surface area contributed by atoms with Crippen molar-refractivity contribution in [2.75, 3.05) is 0 Å². The van der Waals surface area contributed by atoms with Crippen molar-refractivity contribution in [1.29, 1.82) is 0 Å². The predicted molar refractivity (Wildman–Crippen MR) is 130 cm³/mol. The lowest BCUT2D eigenvalue weighted by atomic mass is 10.0. The molecule has 0 aliphatic carbocycles. The molecule has 4 aromatic carbocycles. The van der Waals surface area contributed by atoms with Gasteiger partial charge in [0.1, 0.15) is 6.04 Å². The van der Waals surface area contributed by atoms with Crippen molar-refractivity contribution in [2.24, 2.45) is 0 Å². The molecular weight excluding hydrogens is 430 g/mol. The Labute approximate surface area is 196 Å². The van der Waals surface area contributed by atoms with Gasteiger partial charge >= 0.3 is 0 Å². The number of nitrogens with zero attached hydrogens (tertiary/aromatic N) is 1. The van der Waals surface area contributed by atoms with Crippen LogP contribution in [0.4, 0.5) is 5.69 Å². The van der Waals surface area contributed by atoms with E-state index in [1.807, 2.05) is 60.7 Å². The van der Waals surface area contributed by atoms with Crippen molar-refractivity contribution in [2.45, 2.75) is 19.0 Å². The van der Waals surface area contributed by atoms with Gasteiger partial charge in [0, 0.05) is 30.7 Å². The average molecular weight is 453 g/mol. The minimum atomic E-state index is -0.864. The molecule has 0 spiro atoms. The van der Waals surface area contributed by atoms with E-state index in [1.54, 1.807) is 24.3 Å². The first-order chi connectivity index (χ1) is 16.5. The summed E-state index contributed by atoms with van der Waals surface area (Å²) >= 11 is 0. The second kappa shape index (κ2) is 10.4. The molecule has 34 heavy (non-hydrogen) atoms. The Morgan fingerprint density at radius 2 is 1.47 bits per heavy atom. The van der Waals surface area contributed by atoms with Gasteiger partial charge in [-0.2, -0.15) is 0 Å². The summed E-state index contributed by atoms with van der Waals surface area (Å²) in [5.74, 6) is -0.700. The highest BCUT2D eigenvalue weighted by Crippen LogP contribution is 2.19. The molecule has 4 rings (SSSR count). The maximum Gasteiger partial charge on any atom is 0.269 e. The smallest absolute Gasteiger partial charge is 0.269 e. The average Bonchev–Trinajstić information content (AvgIpc) is 2.87. The maximum atomic E-state index is 13.2. The lowest BCUT2D eigenvalue weighted by molar-refractivity contribution is -0.384. The van der Waals surface area contributed by atoms with E-state index < -0.39 is 11.0 Å². The zero-order valence-corrected chi connectivity index (χ0v) is 18.3. The third kappa shape index (κ3) is 5.45. The standard InChI is InChI=1S/C27H23N3O4/c31-26(24-12-6-10-21-9-4-5-11-23(21)24)29-25(17-19-13-15-22(16-14-19)30(33)34)27(32)28-18-20-7-2-1-3-8-20/h1-16,25H,17-18H2,(H,28,32)(H,29,31)/t25-/m0/s1. The van der Waals surface area contributed by atoms with E-state index in [0.717, 1.165) is 16.3 Å². The Balaban J connectivity index is 1.56. The zero-order valence-electron chi connectivity index (χ0n) is 18.3. The third-order valence-electron chi connectivity index (χ3n) is 5.55. The highest BCUT2D eigenvalue weighted by atomic mass is 16.6. The Morgan fingerprint density at radius 1 is 0.794 bits per heavy atom. The molecule has 0 saturated heterocycles. The number of rotatable bonds is 8. The number of hydrogen-bond acceptors (Lipinski definition) is 4. The fraction of sp³-hybridized carbons (Fsp3) is 0.111. The normalized spacial score (nSPS) is 11.5. The van der Waals surface area contributed by atoms with Gasteiger partial charge < -0.3 is 10.6 Å². The molecule has 4 aromatic rings. The minimum absolute atomic E-state index is 0.0337. The van der Waals surface area contributed by atoms with Crippen LogP contribution in [0.3, 0.4) is 0 Å². The molecule has 0 heterocycles. The topological polar surface area (TPSA) is 101 Å². The van der Waals surface area contributed by atoms with Crippen LogP contribution in [-0.2, 0) is 17.8 Å². The van der Waals surface area contributed by atoms with Gasteiger partial charge in [0.05, 0.1) is 4.92 Å². The summed E-state index contributed by atoms with van der Waals surface area (Å²) in [5.41, 5.74) is 2.07. The Morgan fingerprint density at radius 3 is 2.21 bits per heavy atom. The van der Waals surface area contributed by atoms with Crippen LogP contribution in [0, 0.1) is 10.1 Å². The van der Waals surface area contributed by atoms with Gasteiger partial charge in [-0.15, -0.1) is 0 Å². The van der Waals surface area contributed by atoms with E-state index >= 15 is 0 Å². The molecule has 0 fully saturated rings. The molecular formula is C27H23N3O4. The highest BCUT2D eigenvalue weighted by molar-refractivity contribution is 6.08. The Bertz CT molecular complexity index is 1320. The zero-order chi connectivity index (χ0) is 23.9. The molecule has 0 bridgehead atoms. The predicted octanol–water partition coefficient (Wildman–Crippen LogP) is 4.41.